The molecule has 10 heteroatoms. The first-order chi connectivity index (χ1) is 13.2. The van der Waals surface area contributed by atoms with Gasteiger partial charge in [0.05, 0.1) is 28.4 Å². The Morgan fingerprint density at radius 2 is 1.82 bits per heavy atom. The van der Waals surface area contributed by atoms with Gasteiger partial charge in [-0.05, 0) is 42.5 Å². The van der Waals surface area contributed by atoms with Gasteiger partial charge in [0.25, 0.3) is 10.0 Å². The molecule has 3 rings (SSSR count). The summed E-state index contributed by atoms with van der Waals surface area (Å²) in [6, 6.07) is 10.1. The zero-order valence-electron chi connectivity index (χ0n) is 14.9. The van der Waals surface area contributed by atoms with Crippen molar-refractivity contribution in [2.75, 3.05) is 36.3 Å². The van der Waals surface area contributed by atoms with Crippen molar-refractivity contribution < 1.29 is 23.1 Å². The smallest absolute Gasteiger partial charge is 0.335 e. The molecule has 1 fully saturated rings. The molecule has 1 aliphatic rings. The van der Waals surface area contributed by atoms with Gasteiger partial charge in [0.15, 0.2) is 0 Å². The van der Waals surface area contributed by atoms with Crippen LogP contribution in [0.2, 0.25) is 0 Å². The molecule has 0 aliphatic carbocycles. The lowest BCUT2D eigenvalue weighted by Gasteiger charge is -2.34. The highest BCUT2D eigenvalue weighted by atomic mass is 79.9. The standard InChI is InChI=1S/C18H18BrN3O5S/c1-21-8-9-22(11-17(21)23)16-7-4-13(19)10-15(16)20-28(26,27)14-5-2-12(3-6-14)18(24)25/h2-7,10,20H,8-9,11H2,1H3,(H,24,25). The Bertz CT molecular complexity index is 1020. The van der Waals surface area contributed by atoms with Gasteiger partial charge in [0.2, 0.25) is 5.91 Å². The van der Waals surface area contributed by atoms with Gasteiger partial charge < -0.3 is 14.9 Å². The maximum atomic E-state index is 12.8. The maximum absolute atomic E-state index is 12.8. The van der Waals surface area contributed by atoms with E-state index in [0.29, 0.717) is 28.9 Å². The van der Waals surface area contributed by atoms with E-state index in [1.54, 1.807) is 30.1 Å². The van der Waals surface area contributed by atoms with E-state index in [-0.39, 0.29) is 22.9 Å². The molecule has 8 nitrogen and oxygen atoms in total. The van der Waals surface area contributed by atoms with E-state index >= 15 is 0 Å². The van der Waals surface area contributed by atoms with Gasteiger partial charge in [-0.3, -0.25) is 9.52 Å². The number of halogens is 1. The fourth-order valence-electron chi connectivity index (χ4n) is 2.81. The Balaban J connectivity index is 1.91. The van der Waals surface area contributed by atoms with Crippen LogP contribution < -0.4 is 9.62 Å². The molecule has 1 saturated heterocycles. The number of carboxylic acid groups (broad SMARTS) is 1. The number of rotatable bonds is 5. The zero-order chi connectivity index (χ0) is 20.5. The van der Waals surface area contributed by atoms with Crippen LogP contribution in [-0.2, 0) is 14.8 Å². The second-order valence-electron chi connectivity index (χ2n) is 6.33. The molecule has 2 aromatic rings. The van der Waals surface area contributed by atoms with Crippen LogP contribution >= 0.6 is 15.9 Å². The predicted octanol–water partition coefficient (Wildman–Crippen LogP) is 2.23. The number of aromatic carboxylic acids is 1. The lowest BCUT2D eigenvalue weighted by molar-refractivity contribution is -0.129. The van der Waals surface area contributed by atoms with Gasteiger partial charge in [-0.25, -0.2) is 13.2 Å². The van der Waals surface area contributed by atoms with Gasteiger partial charge in [0.1, 0.15) is 0 Å². The molecule has 0 atom stereocenters. The number of nitrogens with one attached hydrogen (secondary N) is 1. The highest BCUT2D eigenvalue weighted by Crippen LogP contribution is 2.32. The van der Waals surface area contributed by atoms with Crippen LogP contribution in [-0.4, -0.2) is 57.0 Å². The van der Waals surface area contributed by atoms with Crippen molar-refractivity contribution in [3.05, 3.63) is 52.5 Å². The van der Waals surface area contributed by atoms with Crippen LogP contribution in [0.4, 0.5) is 11.4 Å². The van der Waals surface area contributed by atoms with E-state index in [1.165, 1.54) is 24.3 Å². The summed E-state index contributed by atoms with van der Waals surface area (Å²) < 4.78 is 28.8. The molecule has 1 heterocycles. The lowest BCUT2D eigenvalue weighted by atomic mass is 10.2. The second-order valence-corrected chi connectivity index (χ2v) is 8.93. The van der Waals surface area contributed by atoms with Gasteiger partial charge in [-0.1, -0.05) is 15.9 Å². The lowest BCUT2D eigenvalue weighted by Crippen LogP contribution is -2.48. The Hall–Kier alpha value is -2.59. The van der Waals surface area contributed by atoms with E-state index in [9.17, 15) is 18.0 Å². The third kappa shape index (κ3) is 4.28. The van der Waals surface area contributed by atoms with E-state index < -0.39 is 16.0 Å². The SMILES string of the molecule is CN1CCN(c2ccc(Br)cc2NS(=O)(=O)c2ccc(C(=O)O)cc2)CC1=O. The van der Waals surface area contributed by atoms with Gasteiger partial charge in [0, 0.05) is 24.6 Å². The largest absolute Gasteiger partial charge is 0.478 e. The van der Waals surface area contributed by atoms with Crippen LogP contribution in [0.25, 0.3) is 0 Å². The topological polar surface area (TPSA) is 107 Å². The summed E-state index contributed by atoms with van der Waals surface area (Å²) in [5.74, 6) is -1.18. The molecule has 0 aromatic heterocycles. The Morgan fingerprint density at radius 3 is 2.43 bits per heavy atom. The minimum Gasteiger partial charge on any atom is -0.478 e. The number of carbonyl (C=O) groups is 2. The highest BCUT2D eigenvalue weighted by Gasteiger charge is 2.25. The first-order valence-electron chi connectivity index (χ1n) is 8.32. The van der Waals surface area contributed by atoms with E-state index in [0.717, 1.165) is 0 Å². The van der Waals surface area contributed by atoms with Crippen molar-refractivity contribution in [2.24, 2.45) is 0 Å². The third-order valence-electron chi connectivity index (χ3n) is 4.41. The van der Waals surface area contributed by atoms with Crippen molar-refractivity contribution in [2.45, 2.75) is 4.90 Å². The van der Waals surface area contributed by atoms with Gasteiger partial charge in [-0.15, -0.1) is 0 Å². The van der Waals surface area contributed by atoms with Crippen LogP contribution in [0.5, 0.6) is 0 Å². The minimum atomic E-state index is -3.94. The fraction of sp³-hybridized carbons (Fsp3) is 0.222. The quantitative estimate of drug-likeness (QED) is 0.697. The van der Waals surface area contributed by atoms with Crippen LogP contribution in [0.15, 0.2) is 51.8 Å². The average Bonchev–Trinajstić information content (AvgIpc) is 2.64. The Kier molecular flexibility index (Phi) is 5.61. The molecule has 0 radical (unpaired) electrons. The number of nitrogens with zero attached hydrogens (tertiary/aromatic N) is 2. The number of amides is 1. The zero-order valence-corrected chi connectivity index (χ0v) is 17.3. The average molecular weight is 468 g/mol. The van der Waals surface area contributed by atoms with Crippen LogP contribution in [0.1, 0.15) is 10.4 Å². The summed E-state index contributed by atoms with van der Waals surface area (Å²) >= 11 is 3.34. The molecule has 28 heavy (non-hydrogen) atoms. The van der Waals surface area contributed by atoms with Crippen molar-refractivity contribution >= 4 is 49.2 Å². The first-order valence-corrected chi connectivity index (χ1v) is 10.6. The van der Waals surface area contributed by atoms with Crippen LogP contribution in [0, 0.1) is 0 Å². The second kappa shape index (κ2) is 7.80. The van der Waals surface area contributed by atoms with E-state index in [1.807, 2.05) is 4.90 Å². The number of hydrogen-bond acceptors (Lipinski definition) is 5. The van der Waals surface area contributed by atoms with Crippen molar-refractivity contribution in [1.29, 1.82) is 0 Å². The van der Waals surface area contributed by atoms with E-state index in [2.05, 4.69) is 20.7 Å². The first kappa shape index (κ1) is 20.2. The molecule has 0 spiro atoms. The Labute approximate surface area is 170 Å². The number of anilines is 2. The van der Waals surface area contributed by atoms with Gasteiger partial charge in [-0.2, -0.15) is 0 Å². The number of piperazine rings is 1. The molecule has 0 unspecified atom stereocenters. The number of benzene rings is 2. The van der Waals surface area contributed by atoms with Crippen molar-refractivity contribution in [1.82, 2.24) is 4.90 Å². The molecular weight excluding hydrogens is 450 g/mol. The molecular formula is C18H18BrN3O5S. The van der Waals surface area contributed by atoms with Crippen LogP contribution in [0.3, 0.4) is 0 Å². The molecule has 0 bridgehead atoms. The molecule has 2 aromatic carbocycles. The molecule has 1 amide bonds. The summed E-state index contributed by atoms with van der Waals surface area (Å²) in [6.45, 7) is 1.27. The number of carboxylic acids is 1. The fourth-order valence-corrected chi connectivity index (χ4v) is 4.24. The molecule has 1 aliphatic heterocycles. The van der Waals surface area contributed by atoms with E-state index in [4.69, 9.17) is 5.11 Å². The summed E-state index contributed by atoms with van der Waals surface area (Å²) in [5, 5.41) is 8.96. The Morgan fingerprint density at radius 1 is 1.14 bits per heavy atom. The number of likely N-dealkylation sites (N-methyl/N-ethyl adjacent to an activating group) is 1. The highest BCUT2D eigenvalue weighted by molar-refractivity contribution is 9.10. The number of sulfonamides is 1. The summed E-state index contributed by atoms with van der Waals surface area (Å²) in [7, 11) is -2.22. The third-order valence-corrected chi connectivity index (χ3v) is 6.29. The molecule has 2 N–H and O–H groups in total. The van der Waals surface area contributed by atoms with Crippen molar-refractivity contribution in [3.63, 3.8) is 0 Å². The maximum Gasteiger partial charge on any atom is 0.335 e. The monoisotopic (exact) mass is 467 g/mol. The molecule has 148 valence electrons. The molecule has 0 saturated carbocycles. The summed E-state index contributed by atoms with van der Waals surface area (Å²) in [6.07, 6.45) is 0. The predicted molar refractivity (Wildman–Crippen MR) is 108 cm³/mol. The number of hydrogen-bond donors (Lipinski definition) is 2. The normalized spacial score (nSPS) is 14.9. The van der Waals surface area contributed by atoms with Crippen molar-refractivity contribution in [3.8, 4) is 0 Å². The summed E-state index contributed by atoms with van der Waals surface area (Å²) in [5.41, 5.74) is 0.919. The summed E-state index contributed by atoms with van der Waals surface area (Å²) in [4.78, 5) is 26.4. The minimum absolute atomic E-state index is 0.00181. The van der Waals surface area contributed by atoms with Gasteiger partial charge >= 0.3 is 5.97 Å². The number of carbonyl (C=O) groups excluding carboxylic acids is 1.